The molecule has 6 nitrogen and oxygen atoms in total. The predicted molar refractivity (Wildman–Crippen MR) is 142 cm³/mol. The molecule has 3 saturated carbocycles. The lowest BCUT2D eigenvalue weighted by Gasteiger charge is -2.69. The van der Waals surface area contributed by atoms with E-state index in [1.54, 1.807) is 6.20 Å². The van der Waals surface area contributed by atoms with Crippen molar-refractivity contribution in [2.24, 2.45) is 44.8 Å². The maximum absolute atomic E-state index is 14.4. The van der Waals surface area contributed by atoms with Crippen LogP contribution in [-0.4, -0.2) is 22.7 Å². The number of rotatable bonds is 3. The van der Waals surface area contributed by atoms with Crippen LogP contribution < -0.4 is 0 Å². The zero-order valence-corrected chi connectivity index (χ0v) is 24.2. The summed E-state index contributed by atoms with van der Waals surface area (Å²) in [5, 5.41) is 3.81. The van der Waals surface area contributed by atoms with Crippen LogP contribution in [-0.2, 0) is 31.1 Å². The molecule has 206 valence electrons. The van der Waals surface area contributed by atoms with E-state index in [-0.39, 0.29) is 45.0 Å². The number of hydrogen-bond acceptors (Lipinski definition) is 6. The summed E-state index contributed by atoms with van der Waals surface area (Å²) in [6.07, 6.45) is 10.2. The normalized spacial score (nSPS) is 46.9. The van der Waals surface area contributed by atoms with Gasteiger partial charge in [0.15, 0.2) is 17.1 Å². The first-order valence-corrected chi connectivity index (χ1v) is 14.6. The third-order valence-electron chi connectivity index (χ3n) is 12.7. The fraction of sp³-hybridized carbons (Fsp3) is 0.742. The monoisotopic (exact) mass is 541 g/mol. The second kappa shape index (κ2) is 7.83. The first kappa shape index (κ1) is 26.3. The van der Waals surface area contributed by atoms with Crippen molar-refractivity contribution < 1.29 is 23.6 Å². The molecular formula is C31H40ClNO5. The molecule has 6 rings (SSSR count). The molecule has 0 radical (unpaired) electrons. The predicted octanol–water partition coefficient (Wildman–Crippen LogP) is 6.55. The number of ketones is 1. The summed E-state index contributed by atoms with van der Waals surface area (Å²) in [4.78, 5) is 39.2. The van der Waals surface area contributed by atoms with Crippen LogP contribution in [0.3, 0.4) is 0 Å². The minimum atomic E-state index is -0.955. The average molecular weight is 542 g/mol. The van der Waals surface area contributed by atoms with Crippen molar-refractivity contribution >= 4 is 29.1 Å². The van der Waals surface area contributed by atoms with Crippen LogP contribution in [0, 0.1) is 44.8 Å². The van der Waals surface area contributed by atoms with Gasteiger partial charge in [0.25, 0.3) is 6.47 Å². The van der Waals surface area contributed by atoms with Gasteiger partial charge in [0, 0.05) is 28.2 Å². The summed E-state index contributed by atoms with van der Waals surface area (Å²) >= 11 is 6.40. The van der Waals surface area contributed by atoms with Crippen molar-refractivity contribution in [1.82, 2.24) is 5.16 Å². The lowest BCUT2D eigenvalue weighted by Crippen LogP contribution is -2.66. The van der Waals surface area contributed by atoms with Crippen LogP contribution in [0.15, 0.2) is 22.4 Å². The van der Waals surface area contributed by atoms with Gasteiger partial charge >= 0.3 is 0 Å². The standard InChI is InChI=1S/C31H40ClNO5/c1-26(2)9-11-31(25(32)36)12-10-29(5)23(19(31)15-26)20(35)13-22-27(3)14-18-16-33-38-24(18)30(6,37-17-34)21(27)7-8-28(22,29)4/h13,16-17,19,21,23H,7-12,14-15H2,1-6H3/t19-,21+,23-,27-,28+,29+,30-,31-/m0/s1. The molecule has 1 heterocycles. The van der Waals surface area contributed by atoms with Gasteiger partial charge in [-0.1, -0.05) is 45.3 Å². The maximum atomic E-state index is 14.4. The van der Waals surface area contributed by atoms with Gasteiger partial charge in [-0.25, -0.2) is 0 Å². The Kier molecular flexibility index (Phi) is 5.41. The zero-order valence-electron chi connectivity index (χ0n) is 23.5. The van der Waals surface area contributed by atoms with Crippen molar-refractivity contribution in [3.63, 3.8) is 0 Å². The Bertz CT molecular complexity index is 1270. The molecule has 7 heteroatoms. The summed E-state index contributed by atoms with van der Waals surface area (Å²) in [6, 6.07) is 0. The molecule has 3 fully saturated rings. The van der Waals surface area contributed by atoms with Gasteiger partial charge in [-0.2, -0.15) is 0 Å². The van der Waals surface area contributed by atoms with Gasteiger partial charge in [-0.15, -0.1) is 0 Å². The van der Waals surface area contributed by atoms with Gasteiger partial charge in [-0.3, -0.25) is 14.4 Å². The van der Waals surface area contributed by atoms with Crippen LogP contribution in [0.2, 0.25) is 0 Å². The Morgan fingerprint density at radius 3 is 2.50 bits per heavy atom. The van der Waals surface area contributed by atoms with E-state index in [1.807, 2.05) is 13.0 Å². The first-order chi connectivity index (χ1) is 17.7. The van der Waals surface area contributed by atoms with E-state index in [4.69, 9.17) is 20.9 Å². The van der Waals surface area contributed by atoms with E-state index in [0.717, 1.165) is 56.1 Å². The highest BCUT2D eigenvalue weighted by molar-refractivity contribution is 6.64. The summed E-state index contributed by atoms with van der Waals surface area (Å²) in [5.41, 5.74) is -0.351. The Hall–Kier alpha value is -1.95. The summed E-state index contributed by atoms with van der Waals surface area (Å²) in [5.74, 6) is 0.423. The van der Waals surface area contributed by atoms with Crippen LogP contribution in [0.25, 0.3) is 0 Å². The molecule has 0 unspecified atom stereocenters. The first-order valence-electron chi connectivity index (χ1n) is 14.2. The van der Waals surface area contributed by atoms with Crippen molar-refractivity contribution in [3.05, 3.63) is 29.2 Å². The van der Waals surface area contributed by atoms with Gasteiger partial charge in [0.2, 0.25) is 5.24 Å². The number of halogens is 1. The van der Waals surface area contributed by atoms with Crippen LogP contribution in [0.1, 0.15) is 97.8 Å². The lowest BCUT2D eigenvalue weighted by molar-refractivity contribution is -0.187. The third-order valence-corrected chi connectivity index (χ3v) is 13.1. The van der Waals surface area contributed by atoms with E-state index >= 15 is 0 Å². The maximum Gasteiger partial charge on any atom is 0.294 e. The second-order valence-electron chi connectivity index (χ2n) is 14.8. The fourth-order valence-electron chi connectivity index (χ4n) is 10.5. The molecule has 0 bridgehead atoms. The molecule has 1 aromatic heterocycles. The molecule has 0 saturated heterocycles. The highest BCUT2D eigenvalue weighted by Crippen LogP contribution is 2.75. The van der Waals surface area contributed by atoms with Gasteiger partial charge in [0.05, 0.1) is 6.20 Å². The Balaban J connectivity index is 1.51. The minimum absolute atomic E-state index is 0.0476. The number of hydrogen-bond donors (Lipinski definition) is 0. The van der Waals surface area contributed by atoms with E-state index in [1.165, 1.54) is 0 Å². The van der Waals surface area contributed by atoms with E-state index < -0.39 is 16.4 Å². The molecule has 0 aromatic carbocycles. The van der Waals surface area contributed by atoms with E-state index in [2.05, 4.69) is 39.8 Å². The number of ether oxygens (including phenoxy) is 1. The molecule has 0 aliphatic heterocycles. The van der Waals surface area contributed by atoms with E-state index in [9.17, 15) is 14.4 Å². The van der Waals surface area contributed by atoms with Crippen LogP contribution in [0.4, 0.5) is 0 Å². The molecule has 1 aromatic rings. The SMILES string of the molecule is CC1(C)CC[C@]2(C(=O)Cl)CC[C@]3(C)[C@H](C(=O)C=C4[C@@]5(C)Cc6cnoc6[C@@](C)(OC=O)[C@@H]5CC[C@]43C)[C@@H]2C1. The summed E-state index contributed by atoms with van der Waals surface area (Å²) < 4.78 is 11.5. The molecular weight excluding hydrogens is 502 g/mol. The summed E-state index contributed by atoms with van der Waals surface area (Å²) in [6.45, 7) is 13.9. The number of allylic oxidation sites excluding steroid dienone is 2. The number of aromatic nitrogens is 1. The molecule has 38 heavy (non-hydrogen) atoms. The van der Waals surface area contributed by atoms with Crippen molar-refractivity contribution in [3.8, 4) is 0 Å². The second-order valence-corrected chi connectivity index (χ2v) is 15.1. The van der Waals surface area contributed by atoms with Crippen molar-refractivity contribution in [1.29, 1.82) is 0 Å². The van der Waals surface area contributed by atoms with Crippen LogP contribution >= 0.6 is 11.6 Å². The van der Waals surface area contributed by atoms with E-state index in [0.29, 0.717) is 18.7 Å². The van der Waals surface area contributed by atoms with Crippen molar-refractivity contribution in [2.75, 3.05) is 0 Å². The van der Waals surface area contributed by atoms with Crippen LogP contribution in [0.5, 0.6) is 0 Å². The highest BCUT2D eigenvalue weighted by atomic mass is 35.5. The Morgan fingerprint density at radius 2 is 1.82 bits per heavy atom. The molecule has 0 spiro atoms. The third kappa shape index (κ3) is 3.02. The molecule has 8 atom stereocenters. The smallest absolute Gasteiger partial charge is 0.294 e. The highest BCUT2D eigenvalue weighted by Gasteiger charge is 2.71. The fourth-order valence-corrected chi connectivity index (χ4v) is 10.8. The molecule has 5 aliphatic rings. The van der Waals surface area contributed by atoms with Crippen molar-refractivity contribution in [2.45, 2.75) is 98.5 Å². The number of fused-ring (bicyclic) bond motifs is 8. The summed E-state index contributed by atoms with van der Waals surface area (Å²) in [7, 11) is 0. The minimum Gasteiger partial charge on any atom is -0.453 e. The molecule has 5 aliphatic carbocycles. The molecule has 0 N–H and O–H groups in total. The van der Waals surface area contributed by atoms with Gasteiger partial charge < -0.3 is 9.26 Å². The Morgan fingerprint density at radius 1 is 1.11 bits per heavy atom. The number of nitrogens with zero attached hydrogens (tertiary/aromatic N) is 1. The topological polar surface area (TPSA) is 86.5 Å². The molecule has 0 amide bonds. The lowest BCUT2D eigenvalue weighted by atomic mass is 9.34. The van der Waals surface area contributed by atoms with Gasteiger partial charge in [0.1, 0.15) is 0 Å². The number of carbonyl (C=O) groups excluding carboxylic acids is 3. The van der Waals surface area contributed by atoms with Gasteiger partial charge in [-0.05, 0) is 98.1 Å². The largest absolute Gasteiger partial charge is 0.453 e. The number of carbonyl (C=O) groups is 3. The quantitative estimate of drug-likeness (QED) is 0.319. The average Bonchev–Trinajstić information content (AvgIpc) is 3.29. The zero-order chi connectivity index (χ0) is 27.5. The Labute approximate surface area is 230 Å².